The minimum Gasteiger partial charge on any atom is -0.349 e. The Labute approximate surface area is 168 Å². The van der Waals surface area contributed by atoms with E-state index in [0.717, 1.165) is 22.7 Å². The molecule has 2 heterocycles. The number of carbonyl (C=O) groups is 1. The number of hydrogen-bond acceptors (Lipinski definition) is 5. The van der Waals surface area contributed by atoms with Gasteiger partial charge in [-0.1, -0.05) is 55.9 Å². The number of H-pyrrole nitrogens is 1. The second-order valence-corrected chi connectivity index (χ2v) is 8.75. The summed E-state index contributed by atoms with van der Waals surface area (Å²) in [5.41, 5.74) is 2.44. The highest BCUT2D eigenvalue weighted by molar-refractivity contribution is 7.99. The molecule has 2 aromatic heterocycles. The van der Waals surface area contributed by atoms with Crippen molar-refractivity contribution in [1.82, 2.24) is 20.5 Å². The van der Waals surface area contributed by atoms with E-state index in [9.17, 15) is 4.79 Å². The minimum atomic E-state index is -0.0278. The fourth-order valence-corrected chi connectivity index (χ4v) is 4.02. The molecule has 27 heavy (non-hydrogen) atoms. The normalized spacial score (nSPS) is 12.3. The van der Waals surface area contributed by atoms with Crippen LogP contribution in [-0.2, 0) is 11.2 Å². The molecule has 3 rings (SSSR count). The van der Waals surface area contributed by atoms with Crippen LogP contribution in [0.3, 0.4) is 0 Å². The molecule has 7 heteroatoms. The van der Waals surface area contributed by atoms with Crippen molar-refractivity contribution in [3.8, 4) is 10.7 Å². The van der Waals surface area contributed by atoms with Crippen LogP contribution in [0.25, 0.3) is 10.7 Å². The van der Waals surface area contributed by atoms with Crippen molar-refractivity contribution >= 4 is 29.0 Å². The number of hydrogen-bond donors (Lipinski definition) is 2. The van der Waals surface area contributed by atoms with Gasteiger partial charge in [0.1, 0.15) is 0 Å². The zero-order valence-electron chi connectivity index (χ0n) is 15.7. The molecule has 0 aliphatic rings. The summed E-state index contributed by atoms with van der Waals surface area (Å²) in [5, 5.41) is 12.7. The highest BCUT2D eigenvalue weighted by Crippen LogP contribution is 2.23. The van der Waals surface area contributed by atoms with Crippen molar-refractivity contribution in [2.45, 2.75) is 38.4 Å². The van der Waals surface area contributed by atoms with Gasteiger partial charge in [-0.2, -0.15) is 0 Å². The van der Waals surface area contributed by atoms with Gasteiger partial charge < -0.3 is 5.32 Å². The molecule has 3 aromatic rings. The molecule has 5 nitrogen and oxygen atoms in total. The molecule has 1 atom stereocenters. The number of carbonyl (C=O) groups excluding carboxylic acids is 1. The summed E-state index contributed by atoms with van der Waals surface area (Å²) in [6, 6.07) is 12.4. The highest BCUT2D eigenvalue weighted by Gasteiger charge is 2.12. The van der Waals surface area contributed by atoms with E-state index >= 15 is 0 Å². The molecule has 142 valence electrons. The molecule has 0 saturated heterocycles. The summed E-state index contributed by atoms with van der Waals surface area (Å²) in [5.74, 6) is 1.64. The number of aromatic nitrogens is 3. The molecule has 0 saturated carbocycles. The number of nitrogens with zero attached hydrogens (tertiary/aromatic N) is 2. The lowest BCUT2D eigenvalue weighted by Crippen LogP contribution is -2.28. The standard InChI is InChI=1S/C20H24N4OS2/c1-13(2)11-15-6-8-16(9-7-15)14(3)21-18(25)12-27-20-22-19(23-24-20)17-5-4-10-26-17/h4-10,13-14H,11-12H2,1-3H3,(H,21,25)(H,22,23,24)/t14-/m0/s1. The number of aromatic amines is 1. The third kappa shape index (κ3) is 5.68. The number of amides is 1. The Balaban J connectivity index is 1.48. The zero-order chi connectivity index (χ0) is 19.2. The highest BCUT2D eigenvalue weighted by atomic mass is 32.2. The molecule has 0 aliphatic carbocycles. The molecule has 0 fully saturated rings. The van der Waals surface area contributed by atoms with Gasteiger partial charge in [0, 0.05) is 0 Å². The topological polar surface area (TPSA) is 70.7 Å². The quantitative estimate of drug-likeness (QED) is 0.538. The lowest BCUT2D eigenvalue weighted by molar-refractivity contribution is -0.119. The number of thioether (sulfide) groups is 1. The summed E-state index contributed by atoms with van der Waals surface area (Å²) in [7, 11) is 0. The predicted molar refractivity (Wildman–Crippen MR) is 112 cm³/mol. The Morgan fingerprint density at radius 2 is 2.00 bits per heavy atom. The van der Waals surface area contributed by atoms with Gasteiger partial charge >= 0.3 is 0 Å². The van der Waals surface area contributed by atoms with Gasteiger partial charge in [-0.25, -0.2) is 4.98 Å². The van der Waals surface area contributed by atoms with Crippen molar-refractivity contribution in [3.63, 3.8) is 0 Å². The average molecular weight is 401 g/mol. The number of benzene rings is 1. The Bertz CT molecular complexity index is 857. The van der Waals surface area contributed by atoms with Crippen LogP contribution < -0.4 is 5.32 Å². The van der Waals surface area contributed by atoms with Crippen LogP contribution >= 0.6 is 23.1 Å². The van der Waals surface area contributed by atoms with Crippen LogP contribution in [0.2, 0.25) is 0 Å². The maximum Gasteiger partial charge on any atom is 0.230 e. The molecule has 2 N–H and O–H groups in total. The van der Waals surface area contributed by atoms with Gasteiger partial charge in [-0.3, -0.25) is 9.89 Å². The Kier molecular flexibility index (Phi) is 6.68. The predicted octanol–water partition coefficient (Wildman–Crippen LogP) is 4.70. The minimum absolute atomic E-state index is 0.0266. The average Bonchev–Trinajstić information content (AvgIpc) is 3.31. The van der Waals surface area contributed by atoms with E-state index in [-0.39, 0.29) is 17.7 Å². The van der Waals surface area contributed by atoms with E-state index in [0.29, 0.717) is 11.1 Å². The molecular weight excluding hydrogens is 376 g/mol. The van der Waals surface area contributed by atoms with Crippen LogP contribution in [0, 0.1) is 5.92 Å². The van der Waals surface area contributed by atoms with Crippen molar-refractivity contribution < 1.29 is 4.79 Å². The van der Waals surface area contributed by atoms with E-state index < -0.39 is 0 Å². The lowest BCUT2D eigenvalue weighted by Gasteiger charge is -2.15. The summed E-state index contributed by atoms with van der Waals surface area (Å²) in [4.78, 5) is 17.7. The Morgan fingerprint density at radius 3 is 2.67 bits per heavy atom. The summed E-state index contributed by atoms with van der Waals surface area (Å²) in [6.45, 7) is 6.43. The SMILES string of the molecule is CC(C)Cc1ccc([C@H](C)NC(=O)CSc2n[nH]c(-c3cccs3)n2)cc1. The first-order valence-electron chi connectivity index (χ1n) is 8.98. The maximum atomic E-state index is 12.3. The molecule has 0 spiro atoms. The molecule has 0 radical (unpaired) electrons. The Morgan fingerprint density at radius 1 is 1.22 bits per heavy atom. The third-order valence-corrected chi connectivity index (χ3v) is 5.78. The number of nitrogens with one attached hydrogen (secondary N) is 2. The lowest BCUT2D eigenvalue weighted by atomic mass is 10.00. The first-order valence-corrected chi connectivity index (χ1v) is 10.8. The third-order valence-electron chi connectivity index (χ3n) is 4.05. The zero-order valence-corrected chi connectivity index (χ0v) is 17.4. The molecule has 0 aliphatic heterocycles. The van der Waals surface area contributed by atoms with E-state index in [1.807, 2.05) is 24.4 Å². The van der Waals surface area contributed by atoms with Crippen LogP contribution in [0.4, 0.5) is 0 Å². The van der Waals surface area contributed by atoms with Gasteiger partial charge in [0.15, 0.2) is 5.82 Å². The van der Waals surface area contributed by atoms with E-state index in [1.165, 1.54) is 17.3 Å². The second-order valence-electron chi connectivity index (χ2n) is 6.86. The van der Waals surface area contributed by atoms with E-state index in [1.54, 1.807) is 11.3 Å². The van der Waals surface area contributed by atoms with Crippen LogP contribution in [0.5, 0.6) is 0 Å². The van der Waals surface area contributed by atoms with Crippen LogP contribution in [0.15, 0.2) is 46.9 Å². The van der Waals surface area contributed by atoms with Gasteiger partial charge in [-0.05, 0) is 41.8 Å². The van der Waals surface area contributed by atoms with Crippen LogP contribution in [-0.4, -0.2) is 26.8 Å². The second kappa shape index (κ2) is 9.19. The molecule has 0 bridgehead atoms. The van der Waals surface area contributed by atoms with Gasteiger partial charge in [0.05, 0.1) is 16.7 Å². The summed E-state index contributed by atoms with van der Waals surface area (Å²) in [6.07, 6.45) is 1.07. The van der Waals surface area contributed by atoms with Gasteiger partial charge in [-0.15, -0.1) is 16.4 Å². The van der Waals surface area contributed by atoms with Crippen molar-refractivity contribution in [3.05, 3.63) is 52.9 Å². The van der Waals surface area contributed by atoms with Gasteiger partial charge in [0.25, 0.3) is 0 Å². The first kappa shape index (κ1) is 19.6. The van der Waals surface area contributed by atoms with E-state index in [4.69, 9.17) is 0 Å². The largest absolute Gasteiger partial charge is 0.349 e. The Hall–Kier alpha value is -2.12. The van der Waals surface area contributed by atoms with Gasteiger partial charge in [0.2, 0.25) is 11.1 Å². The van der Waals surface area contributed by atoms with Crippen molar-refractivity contribution in [2.75, 3.05) is 5.75 Å². The molecular formula is C20H24N4OS2. The smallest absolute Gasteiger partial charge is 0.230 e. The molecule has 0 unspecified atom stereocenters. The summed E-state index contributed by atoms with van der Waals surface area (Å²) < 4.78 is 0. The molecule has 1 aromatic carbocycles. The monoisotopic (exact) mass is 400 g/mol. The fourth-order valence-electron chi connectivity index (χ4n) is 2.74. The number of rotatable bonds is 8. The summed E-state index contributed by atoms with van der Waals surface area (Å²) >= 11 is 2.93. The number of thiophene rings is 1. The van der Waals surface area contributed by atoms with Crippen molar-refractivity contribution in [1.29, 1.82) is 0 Å². The fraction of sp³-hybridized carbons (Fsp3) is 0.350. The van der Waals surface area contributed by atoms with Crippen molar-refractivity contribution in [2.24, 2.45) is 5.92 Å². The van der Waals surface area contributed by atoms with E-state index in [2.05, 4.69) is 58.6 Å². The van der Waals surface area contributed by atoms with Crippen LogP contribution in [0.1, 0.15) is 37.9 Å². The maximum absolute atomic E-state index is 12.3. The molecule has 1 amide bonds. The first-order chi connectivity index (χ1) is 13.0.